The molecule has 1 aliphatic heterocycles. The van der Waals surface area contributed by atoms with Crippen molar-refractivity contribution >= 4 is 11.8 Å². The molecule has 1 aliphatic rings. The summed E-state index contributed by atoms with van der Waals surface area (Å²) in [5, 5.41) is 3.31. The van der Waals surface area contributed by atoms with E-state index in [9.17, 15) is 0 Å². The maximum atomic E-state index is 5.16. The van der Waals surface area contributed by atoms with Crippen molar-refractivity contribution in [3.63, 3.8) is 0 Å². The van der Waals surface area contributed by atoms with E-state index in [4.69, 9.17) is 4.74 Å². The average molecular weight is 298 g/mol. The summed E-state index contributed by atoms with van der Waals surface area (Å²) in [6.07, 6.45) is 5.27. The van der Waals surface area contributed by atoms with Crippen LogP contribution in [0.25, 0.3) is 0 Å². The van der Waals surface area contributed by atoms with Gasteiger partial charge in [0, 0.05) is 25.8 Å². The van der Waals surface area contributed by atoms with Crippen LogP contribution in [0.15, 0.2) is 36.5 Å². The normalized spacial score (nSPS) is 14.1. The Labute approximate surface area is 131 Å². The van der Waals surface area contributed by atoms with Gasteiger partial charge >= 0.3 is 0 Å². The summed E-state index contributed by atoms with van der Waals surface area (Å²) in [4.78, 5) is 11.2. The van der Waals surface area contributed by atoms with Gasteiger partial charge < -0.3 is 15.0 Å². The fraction of sp³-hybridized carbons (Fsp3) is 0.412. The van der Waals surface area contributed by atoms with E-state index in [0.717, 1.165) is 37.6 Å². The zero-order chi connectivity index (χ0) is 15.2. The molecular formula is C17H22N4O. The maximum absolute atomic E-state index is 5.16. The third-order valence-electron chi connectivity index (χ3n) is 3.93. The second-order valence-electron chi connectivity index (χ2n) is 5.46. The van der Waals surface area contributed by atoms with Crippen molar-refractivity contribution in [3.05, 3.63) is 42.1 Å². The van der Waals surface area contributed by atoms with Gasteiger partial charge in [-0.3, -0.25) is 0 Å². The molecule has 1 N–H and O–H groups in total. The van der Waals surface area contributed by atoms with Crippen LogP contribution in [0.3, 0.4) is 0 Å². The van der Waals surface area contributed by atoms with E-state index in [0.29, 0.717) is 5.95 Å². The largest absolute Gasteiger partial charge is 0.497 e. The number of anilines is 2. The quantitative estimate of drug-likeness (QED) is 0.888. The highest BCUT2D eigenvalue weighted by molar-refractivity contribution is 5.43. The summed E-state index contributed by atoms with van der Waals surface area (Å²) >= 11 is 0. The van der Waals surface area contributed by atoms with E-state index in [1.807, 2.05) is 24.4 Å². The molecule has 1 fully saturated rings. The number of benzene rings is 1. The molecule has 0 bridgehead atoms. The summed E-state index contributed by atoms with van der Waals surface area (Å²) in [5.41, 5.74) is 1.27. The van der Waals surface area contributed by atoms with Crippen molar-refractivity contribution < 1.29 is 4.74 Å². The molecule has 5 nitrogen and oxygen atoms in total. The number of nitrogens with one attached hydrogen (secondary N) is 1. The summed E-state index contributed by atoms with van der Waals surface area (Å²) in [6.45, 7) is 3.01. The Morgan fingerprint density at radius 2 is 1.91 bits per heavy atom. The van der Waals surface area contributed by atoms with E-state index >= 15 is 0 Å². The number of methoxy groups -OCH3 is 1. The Morgan fingerprint density at radius 1 is 1.14 bits per heavy atom. The minimum absolute atomic E-state index is 0.706. The summed E-state index contributed by atoms with van der Waals surface area (Å²) < 4.78 is 5.16. The van der Waals surface area contributed by atoms with Crippen molar-refractivity contribution in [1.82, 2.24) is 9.97 Å². The zero-order valence-corrected chi connectivity index (χ0v) is 13.0. The lowest BCUT2D eigenvalue weighted by molar-refractivity contribution is 0.414. The standard InChI is InChI=1S/C17H22N4O/c1-22-15-6-4-14(5-7-15)8-10-18-17-19-11-9-16(20-17)21-12-2-3-13-21/h4-7,9,11H,2-3,8,10,12-13H2,1H3,(H,18,19,20). The SMILES string of the molecule is COc1ccc(CCNc2nccc(N3CCCC3)n2)cc1. The lowest BCUT2D eigenvalue weighted by Gasteiger charge is -2.16. The Bertz CT molecular complexity index is 594. The predicted molar refractivity (Wildman–Crippen MR) is 88.7 cm³/mol. The Kier molecular flexibility index (Phi) is 4.73. The number of hydrogen-bond acceptors (Lipinski definition) is 5. The lowest BCUT2D eigenvalue weighted by atomic mass is 10.1. The maximum Gasteiger partial charge on any atom is 0.224 e. The molecule has 3 rings (SSSR count). The smallest absolute Gasteiger partial charge is 0.224 e. The van der Waals surface area contributed by atoms with Crippen molar-refractivity contribution in [2.24, 2.45) is 0 Å². The topological polar surface area (TPSA) is 50.3 Å². The number of nitrogens with zero attached hydrogens (tertiary/aromatic N) is 3. The molecule has 22 heavy (non-hydrogen) atoms. The van der Waals surface area contributed by atoms with Crippen molar-refractivity contribution in [1.29, 1.82) is 0 Å². The van der Waals surface area contributed by atoms with Crippen LogP contribution >= 0.6 is 0 Å². The van der Waals surface area contributed by atoms with Gasteiger partial charge in [-0.25, -0.2) is 4.98 Å². The van der Waals surface area contributed by atoms with E-state index in [1.54, 1.807) is 7.11 Å². The van der Waals surface area contributed by atoms with Gasteiger partial charge in [0.25, 0.3) is 0 Å². The van der Waals surface area contributed by atoms with E-state index < -0.39 is 0 Å². The van der Waals surface area contributed by atoms with Crippen molar-refractivity contribution in [3.8, 4) is 5.75 Å². The predicted octanol–water partition coefficient (Wildman–Crippen LogP) is 2.74. The third kappa shape index (κ3) is 3.67. The van der Waals surface area contributed by atoms with Crippen LogP contribution in [0.2, 0.25) is 0 Å². The molecule has 0 atom stereocenters. The molecule has 116 valence electrons. The average Bonchev–Trinajstić information content (AvgIpc) is 3.10. The van der Waals surface area contributed by atoms with E-state index in [-0.39, 0.29) is 0 Å². The van der Waals surface area contributed by atoms with Crippen molar-refractivity contribution in [2.45, 2.75) is 19.3 Å². The molecule has 2 heterocycles. The lowest BCUT2D eigenvalue weighted by Crippen LogP contribution is -2.20. The van der Waals surface area contributed by atoms with Gasteiger partial charge in [0.1, 0.15) is 11.6 Å². The molecule has 0 spiro atoms. The number of rotatable bonds is 6. The molecule has 0 unspecified atom stereocenters. The second kappa shape index (κ2) is 7.11. The van der Waals surface area contributed by atoms with Crippen molar-refractivity contribution in [2.75, 3.05) is 37.0 Å². The molecule has 0 aliphatic carbocycles. The first-order valence-corrected chi connectivity index (χ1v) is 7.80. The molecule has 0 saturated carbocycles. The van der Waals surface area contributed by atoms with Gasteiger partial charge in [-0.05, 0) is 43.0 Å². The molecule has 0 radical (unpaired) electrons. The highest BCUT2D eigenvalue weighted by Gasteiger charge is 2.13. The Hall–Kier alpha value is -2.30. The summed E-state index contributed by atoms with van der Waals surface area (Å²) in [7, 11) is 1.68. The molecular weight excluding hydrogens is 276 g/mol. The van der Waals surface area contributed by atoms with Gasteiger partial charge in [0.05, 0.1) is 7.11 Å². The molecule has 1 aromatic heterocycles. The molecule has 2 aromatic rings. The minimum atomic E-state index is 0.706. The van der Waals surface area contributed by atoms with Gasteiger partial charge in [0.2, 0.25) is 5.95 Å². The number of hydrogen-bond donors (Lipinski definition) is 1. The monoisotopic (exact) mass is 298 g/mol. The van der Waals surface area contributed by atoms with Crippen LogP contribution < -0.4 is 15.0 Å². The highest BCUT2D eigenvalue weighted by atomic mass is 16.5. The first kappa shape index (κ1) is 14.6. The van der Waals surface area contributed by atoms with Gasteiger partial charge in [-0.15, -0.1) is 0 Å². The Morgan fingerprint density at radius 3 is 2.64 bits per heavy atom. The van der Waals surface area contributed by atoms with Gasteiger partial charge in [-0.1, -0.05) is 12.1 Å². The van der Waals surface area contributed by atoms with Crippen LogP contribution in [0.4, 0.5) is 11.8 Å². The molecule has 0 amide bonds. The second-order valence-corrected chi connectivity index (χ2v) is 5.46. The first-order chi connectivity index (χ1) is 10.8. The molecule has 5 heteroatoms. The van der Waals surface area contributed by atoms with Crippen LogP contribution in [0.5, 0.6) is 5.75 Å². The van der Waals surface area contributed by atoms with Crippen LogP contribution in [-0.2, 0) is 6.42 Å². The fourth-order valence-corrected chi connectivity index (χ4v) is 2.67. The van der Waals surface area contributed by atoms with Crippen LogP contribution in [-0.4, -0.2) is 36.7 Å². The third-order valence-corrected chi connectivity index (χ3v) is 3.93. The van der Waals surface area contributed by atoms with Crippen LogP contribution in [0, 0.1) is 0 Å². The fourth-order valence-electron chi connectivity index (χ4n) is 2.67. The van der Waals surface area contributed by atoms with Gasteiger partial charge in [-0.2, -0.15) is 4.98 Å². The van der Waals surface area contributed by atoms with Crippen LogP contribution in [0.1, 0.15) is 18.4 Å². The summed E-state index contributed by atoms with van der Waals surface area (Å²) in [5.74, 6) is 2.62. The van der Waals surface area contributed by atoms with Gasteiger partial charge in [0.15, 0.2) is 0 Å². The Balaban J connectivity index is 1.53. The molecule has 1 saturated heterocycles. The number of ether oxygens (including phenoxy) is 1. The summed E-state index contributed by atoms with van der Waals surface area (Å²) in [6, 6.07) is 10.1. The highest BCUT2D eigenvalue weighted by Crippen LogP contribution is 2.18. The van der Waals surface area contributed by atoms with E-state index in [1.165, 1.54) is 18.4 Å². The molecule has 1 aromatic carbocycles. The zero-order valence-electron chi connectivity index (χ0n) is 13.0. The first-order valence-electron chi connectivity index (χ1n) is 7.80. The van der Waals surface area contributed by atoms with E-state index in [2.05, 4.69) is 32.3 Å². The number of aromatic nitrogens is 2. The minimum Gasteiger partial charge on any atom is -0.497 e.